The van der Waals surface area contributed by atoms with E-state index < -0.39 is 104 Å². The predicted molar refractivity (Wildman–Crippen MR) is 197 cm³/mol. The number of aliphatic hydroxyl groups is 8. The molecular formula is C40H42O18. The SMILES string of the molecule is OC[C@H]1O[C@@H](Oc2c(O)cc(O)cc2/C=C/c2ccc3c(c2)[C@@H](c2cc(O)cc(O)c2O[C@@H]2O[C@H](CO)[C@@H](O)[C@H](O)[C@H]2O)[C@H](c2ccc(O)cc2)O3)[C@H](O)[C@@H](O)[C@@H]1O. The monoisotopic (exact) mass is 810 g/mol. The molecule has 310 valence electrons. The van der Waals surface area contributed by atoms with Crippen molar-refractivity contribution in [3.8, 4) is 46.0 Å². The third-order valence-electron chi connectivity index (χ3n) is 10.3. The van der Waals surface area contributed by atoms with E-state index >= 15 is 0 Å². The molecule has 0 amide bonds. The van der Waals surface area contributed by atoms with Crippen molar-refractivity contribution in [2.24, 2.45) is 0 Å². The Kier molecular flexibility index (Phi) is 11.6. The van der Waals surface area contributed by atoms with Gasteiger partial charge in [-0.15, -0.1) is 0 Å². The first-order valence-electron chi connectivity index (χ1n) is 18.0. The van der Waals surface area contributed by atoms with Crippen LogP contribution < -0.4 is 14.2 Å². The highest BCUT2D eigenvalue weighted by Gasteiger charge is 2.47. The van der Waals surface area contributed by atoms with Gasteiger partial charge in [-0.25, -0.2) is 0 Å². The highest BCUT2D eigenvalue weighted by atomic mass is 16.7. The van der Waals surface area contributed by atoms with Crippen LogP contribution in [0.4, 0.5) is 0 Å². The second kappa shape index (κ2) is 16.5. The van der Waals surface area contributed by atoms with Gasteiger partial charge >= 0.3 is 0 Å². The molecule has 0 spiro atoms. The van der Waals surface area contributed by atoms with Crippen LogP contribution in [-0.4, -0.2) is 141 Å². The van der Waals surface area contributed by atoms with E-state index in [-0.39, 0.29) is 34.1 Å². The number of aromatic hydroxyl groups is 5. The molecule has 0 saturated carbocycles. The molecule has 13 N–H and O–H groups in total. The zero-order valence-electron chi connectivity index (χ0n) is 30.2. The van der Waals surface area contributed by atoms with Crippen molar-refractivity contribution in [1.29, 1.82) is 0 Å². The molecule has 12 atom stereocenters. The van der Waals surface area contributed by atoms with Crippen LogP contribution in [-0.2, 0) is 9.47 Å². The summed E-state index contributed by atoms with van der Waals surface area (Å²) < 4.78 is 29.1. The van der Waals surface area contributed by atoms with Crippen molar-refractivity contribution in [2.45, 2.75) is 73.4 Å². The Labute approximate surface area is 329 Å². The lowest BCUT2D eigenvalue weighted by Gasteiger charge is -2.40. The average molecular weight is 811 g/mol. The molecular weight excluding hydrogens is 768 g/mol. The molecule has 18 nitrogen and oxygen atoms in total. The van der Waals surface area contributed by atoms with Gasteiger partial charge in [-0.05, 0) is 47.5 Å². The first-order valence-corrected chi connectivity index (χ1v) is 18.0. The van der Waals surface area contributed by atoms with Gasteiger partial charge in [-0.1, -0.05) is 30.4 Å². The lowest BCUT2D eigenvalue weighted by molar-refractivity contribution is -0.277. The molecule has 0 radical (unpaired) electrons. The first kappa shape index (κ1) is 40.8. The quantitative estimate of drug-likeness (QED) is 0.0939. The lowest BCUT2D eigenvalue weighted by atomic mass is 9.83. The average Bonchev–Trinajstić information content (AvgIpc) is 3.57. The maximum atomic E-state index is 11.2. The van der Waals surface area contributed by atoms with E-state index in [4.69, 9.17) is 23.7 Å². The minimum Gasteiger partial charge on any atom is -0.508 e. The molecule has 4 aromatic rings. The Hall–Kier alpha value is -5.38. The number of hydrogen-bond donors (Lipinski definition) is 13. The number of ether oxygens (including phenoxy) is 5. The van der Waals surface area contributed by atoms with Crippen LogP contribution in [0.15, 0.2) is 66.7 Å². The van der Waals surface area contributed by atoms with E-state index in [9.17, 15) is 66.4 Å². The van der Waals surface area contributed by atoms with Crippen molar-refractivity contribution in [1.82, 2.24) is 0 Å². The van der Waals surface area contributed by atoms with E-state index in [1.165, 1.54) is 30.3 Å². The Balaban J connectivity index is 1.27. The van der Waals surface area contributed by atoms with Crippen LogP contribution in [0.3, 0.4) is 0 Å². The molecule has 0 aromatic heterocycles. The molecule has 7 rings (SSSR count). The van der Waals surface area contributed by atoms with Gasteiger partial charge in [0.25, 0.3) is 0 Å². The van der Waals surface area contributed by atoms with Crippen LogP contribution in [0.2, 0.25) is 0 Å². The Bertz CT molecular complexity index is 2120. The summed E-state index contributed by atoms with van der Waals surface area (Å²) in [7, 11) is 0. The van der Waals surface area contributed by atoms with Gasteiger partial charge < -0.3 is 90.1 Å². The first-order chi connectivity index (χ1) is 27.7. The maximum absolute atomic E-state index is 11.2. The van der Waals surface area contributed by atoms with Crippen LogP contribution >= 0.6 is 0 Å². The Morgan fingerprint density at radius 2 is 1.09 bits per heavy atom. The van der Waals surface area contributed by atoms with Gasteiger partial charge in [0, 0.05) is 28.8 Å². The number of phenolic OH excluding ortho intramolecular Hbond substituents is 5. The molecule has 0 bridgehead atoms. The Morgan fingerprint density at radius 3 is 1.67 bits per heavy atom. The zero-order valence-corrected chi connectivity index (χ0v) is 30.2. The third kappa shape index (κ3) is 7.77. The smallest absolute Gasteiger partial charge is 0.229 e. The van der Waals surface area contributed by atoms with Crippen LogP contribution in [0.5, 0.6) is 46.0 Å². The van der Waals surface area contributed by atoms with Crippen LogP contribution in [0.25, 0.3) is 12.2 Å². The maximum Gasteiger partial charge on any atom is 0.229 e. The molecule has 4 aromatic carbocycles. The summed E-state index contributed by atoms with van der Waals surface area (Å²) in [4.78, 5) is 0. The summed E-state index contributed by atoms with van der Waals surface area (Å²) in [6.45, 7) is -1.47. The van der Waals surface area contributed by atoms with E-state index in [1.54, 1.807) is 36.4 Å². The number of benzene rings is 4. The molecule has 0 unspecified atom stereocenters. The van der Waals surface area contributed by atoms with Crippen molar-refractivity contribution in [3.63, 3.8) is 0 Å². The van der Waals surface area contributed by atoms with Crippen molar-refractivity contribution >= 4 is 12.2 Å². The molecule has 0 aliphatic carbocycles. The van der Waals surface area contributed by atoms with Crippen molar-refractivity contribution in [2.75, 3.05) is 13.2 Å². The molecule has 2 fully saturated rings. The second-order valence-corrected chi connectivity index (χ2v) is 14.1. The molecule has 3 aliphatic rings. The second-order valence-electron chi connectivity index (χ2n) is 14.1. The number of fused-ring (bicyclic) bond motifs is 1. The molecule has 58 heavy (non-hydrogen) atoms. The highest BCUT2D eigenvalue weighted by Crippen LogP contribution is 2.54. The highest BCUT2D eigenvalue weighted by molar-refractivity contribution is 5.76. The molecule has 3 aliphatic heterocycles. The van der Waals surface area contributed by atoms with Crippen molar-refractivity contribution in [3.05, 3.63) is 94.5 Å². The Morgan fingerprint density at radius 1 is 0.534 bits per heavy atom. The van der Waals surface area contributed by atoms with Gasteiger partial charge in [-0.2, -0.15) is 0 Å². The molecule has 18 heteroatoms. The summed E-state index contributed by atoms with van der Waals surface area (Å²) in [5.41, 5.74) is 1.68. The molecule has 2 saturated heterocycles. The van der Waals surface area contributed by atoms with Gasteiger partial charge in [0.2, 0.25) is 12.6 Å². The van der Waals surface area contributed by atoms with Gasteiger partial charge in [0.15, 0.2) is 23.0 Å². The minimum absolute atomic E-state index is 0.0299. The summed E-state index contributed by atoms with van der Waals surface area (Å²) in [6.07, 6.45) is -14.5. The summed E-state index contributed by atoms with van der Waals surface area (Å²) in [6, 6.07) is 15.5. The third-order valence-corrected chi connectivity index (χ3v) is 10.3. The minimum atomic E-state index is -1.85. The predicted octanol–water partition coefficient (Wildman–Crippen LogP) is 0.00800. The fourth-order valence-corrected chi connectivity index (χ4v) is 7.24. The van der Waals surface area contributed by atoms with E-state index in [0.717, 1.165) is 12.1 Å². The van der Waals surface area contributed by atoms with E-state index in [2.05, 4.69) is 0 Å². The fraction of sp³-hybridized carbons (Fsp3) is 0.350. The summed E-state index contributed by atoms with van der Waals surface area (Å²) >= 11 is 0. The number of phenols is 5. The molecule has 3 heterocycles. The van der Waals surface area contributed by atoms with Gasteiger partial charge in [0.05, 0.1) is 19.1 Å². The summed E-state index contributed by atoms with van der Waals surface area (Å²) in [5, 5.41) is 135. The topological polar surface area (TPSA) is 309 Å². The lowest BCUT2D eigenvalue weighted by Crippen LogP contribution is -2.60. The normalized spacial score (nSPS) is 30.8. The summed E-state index contributed by atoms with van der Waals surface area (Å²) in [5.74, 6) is -3.13. The van der Waals surface area contributed by atoms with E-state index in [0.29, 0.717) is 22.4 Å². The zero-order chi connectivity index (χ0) is 41.6. The largest absolute Gasteiger partial charge is 0.508 e. The fourth-order valence-electron chi connectivity index (χ4n) is 7.24. The number of aliphatic hydroxyl groups excluding tert-OH is 8. The van der Waals surface area contributed by atoms with Crippen LogP contribution in [0, 0.1) is 0 Å². The number of hydrogen-bond acceptors (Lipinski definition) is 18. The van der Waals surface area contributed by atoms with Gasteiger partial charge in [-0.3, -0.25) is 0 Å². The van der Waals surface area contributed by atoms with E-state index in [1.807, 2.05) is 0 Å². The van der Waals surface area contributed by atoms with Gasteiger partial charge in [0.1, 0.15) is 77.9 Å². The standard InChI is InChI=1S/C40H42O18/c41-14-27-30(48)32(50)34(52)39(55-27)57-36-18(10-20(44)12-24(36)46)3-1-16-2-8-26-22(9-16)29(37(54-26)17-4-6-19(43)7-5-17)23-11-21(45)13-25(47)38(23)58-40-35(53)33(51)31(49)28(15-42)56-40/h1-13,27-35,37,39-53H,14-15H2/b3-1+/t27-,28-,29+,30-,31-,32+,33+,34-,35-,37+,39+,40+/m1/s1. The van der Waals surface area contributed by atoms with Crippen molar-refractivity contribution < 1.29 is 90.1 Å². The number of rotatable bonds is 10. The van der Waals surface area contributed by atoms with Crippen LogP contribution in [0.1, 0.15) is 39.8 Å².